The number of carboxylic acids is 1. The Morgan fingerprint density at radius 1 is 1.05 bits per heavy atom. The molecule has 0 aliphatic carbocycles. The molecule has 0 saturated heterocycles. The molecule has 10 nitrogen and oxygen atoms in total. The maximum absolute atomic E-state index is 13.6. The molecule has 0 bridgehead atoms. The van der Waals surface area contributed by atoms with E-state index in [0.717, 1.165) is 0 Å². The van der Waals surface area contributed by atoms with Gasteiger partial charge in [-0.25, -0.2) is 9.59 Å². The van der Waals surface area contributed by atoms with Gasteiger partial charge in [0.2, 0.25) is 5.56 Å². The highest BCUT2D eigenvalue weighted by Crippen LogP contribution is 2.35. The number of carboxylic acid groups (broad SMARTS) is 1. The Labute approximate surface area is 242 Å². The minimum Gasteiger partial charge on any atom is -0.506 e. The van der Waals surface area contributed by atoms with Gasteiger partial charge < -0.3 is 29.6 Å². The first-order chi connectivity index (χ1) is 19.0. The maximum atomic E-state index is 13.6. The first-order valence-electron chi connectivity index (χ1n) is 13.1. The largest absolute Gasteiger partial charge is 0.506 e. The molecule has 0 aliphatic rings. The number of phenolic OH excluding ortho intramolecular Hbond substituents is 1. The highest BCUT2D eigenvalue weighted by molar-refractivity contribution is 7.93. The van der Waals surface area contributed by atoms with Gasteiger partial charge in [-0.05, 0) is 71.4 Å². The third kappa shape index (κ3) is 8.17. The summed E-state index contributed by atoms with van der Waals surface area (Å²) in [7, 11) is 1.43. The summed E-state index contributed by atoms with van der Waals surface area (Å²) in [5, 5.41) is 20.5. The van der Waals surface area contributed by atoms with Crippen molar-refractivity contribution in [2.45, 2.75) is 64.5 Å². The van der Waals surface area contributed by atoms with E-state index in [1.807, 2.05) is 6.26 Å². The number of phenols is 1. The minimum absolute atomic E-state index is 0.0394. The summed E-state index contributed by atoms with van der Waals surface area (Å²) < 4.78 is 17.6. The molecule has 3 rings (SSSR count). The molecule has 0 radical (unpaired) electrons. The molecule has 0 spiro atoms. The number of amides is 1. The van der Waals surface area contributed by atoms with Crippen molar-refractivity contribution in [3.8, 4) is 11.5 Å². The number of nitrogens with one attached hydrogen (secondary N) is 1. The fraction of sp³-hybridized carbons (Fsp3) is 0.433. The molecule has 3 aromatic rings. The van der Waals surface area contributed by atoms with Crippen LogP contribution in [-0.2, 0) is 26.6 Å². The third-order valence-electron chi connectivity index (χ3n) is 6.31. The molecule has 222 valence electrons. The van der Waals surface area contributed by atoms with Gasteiger partial charge in [-0.3, -0.25) is 4.79 Å². The number of aromatic nitrogens is 1. The van der Waals surface area contributed by atoms with Crippen molar-refractivity contribution in [1.82, 2.24) is 9.88 Å². The molecule has 0 aliphatic heterocycles. The zero-order valence-electron chi connectivity index (χ0n) is 24.7. The number of aromatic carboxylic acids is 1. The Morgan fingerprint density at radius 2 is 1.73 bits per heavy atom. The van der Waals surface area contributed by atoms with Crippen LogP contribution in [-0.4, -0.2) is 62.4 Å². The Hall–Kier alpha value is -3.70. The van der Waals surface area contributed by atoms with Crippen molar-refractivity contribution in [1.29, 1.82) is 0 Å². The number of hydrogen-bond acceptors (Lipinski definition) is 7. The number of ether oxygens (including phenoxy) is 2. The molecule has 1 unspecified atom stereocenters. The van der Waals surface area contributed by atoms with Crippen molar-refractivity contribution >= 4 is 34.1 Å². The Kier molecular flexibility index (Phi) is 9.66. The lowest BCUT2D eigenvalue weighted by Crippen LogP contribution is -2.40. The van der Waals surface area contributed by atoms with Crippen LogP contribution in [0.3, 0.4) is 0 Å². The second-order valence-corrected chi connectivity index (χ2v) is 14.0. The van der Waals surface area contributed by atoms with E-state index < -0.39 is 34.9 Å². The number of rotatable bonds is 9. The van der Waals surface area contributed by atoms with Crippen LogP contribution in [0.5, 0.6) is 11.5 Å². The van der Waals surface area contributed by atoms with Gasteiger partial charge >= 0.3 is 12.1 Å². The van der Waals surface area contributed by atoms with Gasteiger partial charge in [-0.15, -0.1) is 0 Å². The van der Waals surface area contributed by atoms with Crippen LogP contribution >= 0.6 is 0 Å². The van der Waals surface area contributed by atoms with E-state index in [1.165, 1.54) is 36.3 Å². The van der Waals surface area contributed by atoms with Crippen molar-refractivity contribution in [2.75, 3.05) is 19.9 Å². The number of carbonyl (C=O) groups excluding carboxylic acids is 1. The average Bonchev–Trinajstić information content (AvgIpc) is 2.86. The molecule has 3 N–H and O–H groups in total. The molecular formula is C30H39N2O8S+. The van der Waals surface area contributed by atoms with E-state index in [-0.39, 0.29) is 40.2 Å². The fourth-order valence-corrected chi connectivity index (χ4v) is 4.78. The number of aromatic amines is 1. The summed E-state index contributed by atoms with van der Waals surface area (Å²) >= 11 is -0.583. The second kappa shape index (κ2) is 12.4. The van der Waals surface area contributed by atoms with E-state index in [4.69, 9.17) is 13.7 Å². The van der Waals surface area contributed by atoms with E-state index in [2.05, 4.69) is 25.8 Å². The molecule has 2 aromatic carbocycles. The number of hydrogen-bond donors (Lipinski definition) is 3. The summed E-state index contributed by atoms with van der Waals surface area (Å²) in [5.41, 5.74) is 0.423. The summed E-state index contributed by atoms with van der Waals surface area (Å²) in [4.78, 5) is 41.3. The van der Waals surface area contributed by atoms with Crippen molar-refractivity contribution < 1.29 is 33.5 Å². The quantitative estimate of drug-likeness (QED) is 0.283. The predicted molar refractivity (Wildman–Crippen MR) is 160 cm³/mol. The zero-order chi connectivity index (χ0) is 30.7. The predicted octanol–water partition coefficient (Wildman–Crippen LogP) is 5.40. The Morgan fingerprint density at radius 3 is 2.32 bits per heavy atom. The van der Waals surface area contributed by atoms with Crippen molar-refractivity contribution in [2.24, 2.45) is 0 Å². The number of nitrogens with zero attached hydrogens (tertiary/aromatic N) is 1. The van der Waals surface area contributed by atoms with Gasteiger partial charge in [-0.1, -0.05) is 12.1 Å². The summed E-state index contributed by atoms with van der Waals surface area (Å²) in [6.45, 7) is 11.6. The molecule has 1 amide bonds. The van der Waals surface area contributed by atoms with Gasteiger partial charge in [-0.2, -0.15) is 4.18 Å². The molecule has 41 heavy (non-hydrogen) atoms. The first-order valence-corrected chi connectivity index (χ1v) is 14.6. The van der Waals surface area contributed by atoms with E-state index >= 15 is 0 Å². The van der Waals surface area contributed by atoms with Crippen LogP contribution < -0.4 is 10.3 Å². The highest BCUT2D eigenvalue weighted by Gasteiger charge is 2.38. The lowest BCUT2D eigenvalue weighted by atomic mass is 10.0. The molecule has 11 heteroatoms. The third-order valence-corrected chi connectivity index (χ3v) is 8.56. The molecule has 2 atom stereocenters. The van der Waals surface area contributed by atoms with E-state index in [1.54, 1.807) is 39.0 Å². The molecule has 0 saturated carbocycles. The number of carbonyl (C=O) groups is 2. The average molecular weight is 588 g/mol. The van der Waals surface area contributed by atoms with Gasteiger partial charge in [0.15, 0.2) is 10.9 Å². The number of H-pyrrole nitrogens is 1. The SMILES string of the molecule is COc1cc(C(=O)O)ccc1CN(C[C@H](O[S+](C)C(C)(C)C)c1ccc(O)c2[nH]c(=O)ccc12)C(=O)OC(C)(C)C. The topological polar surface area (TPSA) is 138 Å². The molecular weight excluding hydrogens is 548 g/mol. The highest BCUT2D eigenvalue weighted by atomic mass is 32.2. The van der Waals surface area contributed by atoms with E-state index in [0.29, 0.717) is 22.3 Å². The van der Waals surface area contributed by atoms with Crippen LogP contribution in [0.1, 0.15) is 69.1 Å². The van der Waals surface area contributed by atoms with Gasteiger partial charge in [0, 0.05) is 17.0 Å². The number of benzene rings is 2. The number of methoxy groups -OCH3 is 1. The molecule has 1 heterocycles. The summed E-state index contributed by atoms with van der Waals surface area (Å²) in [6, 6.07) is 10.7. The molecule has 0 fully saturated rings. The first kappa shape index (κ1) is 31.8. The lowest BCUT2D eigenvalue weighted by Gasteiger charge is -2.31. The van der Waals surface area contributed by atoms with Gasteiger partial charge in [0.05, 0.1) is 31.3 Å². The summed E-state index contributed by atoms with van der Waals surface area (Å²) in [5.74, 6) is -0.867. The van der Waals surface area contributed by atoms with Crippen LogP contribution in [0.2, 0.25) is 0 Å². The molecule has 1 aromatic heterocycles. The standard InChI is InChI=1S/C30H38N2O8S/c1-29(2,3)39-28(37)32(16-19-10-9-18(27(35)36)15-23(19)38-7)17-24(40-41(8)30(4,5)6)20-11-13-22(33)26-21(20)12-14-25(34)31-26/h9-15,24H,16-17H2,1-8H3,(H2-,31,33,34,35,36)/p+1/t24-,41?/m0/s1. The minimum atomic E-state index is -1.10. The second-order valence-electron chi connectivity index (χ2n) is 11.6. The van der Waals surface area contributed by atoms with Crippen molar-refractivity contribution in [3.63, 3.8) is 0 Å². The van der Waals surface area contributed by atoms with E-state index in [9.17, 15) is 24.6 Å². The monoisotopic (exact) mass is 587 g/mol. The van der Waals surface area contributed by atoms with Crippen LogP contribution in [0.15, 0.2) is 47.3 Å². The smallest absolute Gasteiger partial charge is 0.410 e. The van der Waals surface area contributed by atoms with Gasteiger partial charge in [0.25, 0.3) is 0 Å². The maximum Gasteiger partial charge on any atom is 0.410 e. The zero-order valence-corrected chi connectivity index (χ0v) is 25.5. The lowest BCUT2D eigenvalue weighted by molar-refractivity contribution is 0.0156. The number of pyridine rings is 1. The normalized spacial score (nSPS) is 13.5. The van der Waals surface area contributed by atoms with Crippen LogP contribution in [0.4, 0.5) is 4.79 Å². The van der Waals surface area contributed by atoms with Gasteiger partial charge in [0.1, 0.15) is 34.5 Å². The Balaban J connectivity index is 2.14. The van der Waals surface area contributed by atoms with Crippen LogP contribution in [0, 0.1) is 0 Å². The Bertz CT molecular complexity index is 1470. The number of fused-ring (bicyclic) bond motifs is 1. The number of aromatic hydroxyl groups is 1. The van der Waals surface area contributed by atoms with Crippen LogP contribution in [0.25, 0.3) is 10.9 Å². The fourth-order valence-electron chi connectivity index (χ4n) is 3.98. The summed E-state index contributed by atoms with van der Waals surface area (Å²) in [6.07, 6.45) is 0.690. The van der Waals surface area contributed by atoms with Crippen molar-refractivity contribution in [3.05, 3.63) is 69.5 Å².